The van der Waals surface area contributed by atoms with E-state index in [1.54, 1.807) is 36.0 Å². The second-order valence-corrected chi connectivity index (χ2v) is 6.60. The third-order valence-electron chi connectivity index (χ3n) is 4.46. The number of nitrogens with zero attached hydrogens (tertiary/aromatic N) is 2. The average Bonchev–Trinajstić information content (AvgIpc) is 3.08. The number of ether oxygens (including phenoxy) is 2. The molecule has 1 unspecified atom stereocenters. The van der Waals surface area contributed by atoms with E-state index in [9.17, 15) is 22.4 Å². The van der Waals surface area contributed by atoms with Gasteiger partial charge in [0.1, 0.15) is 23.4 Å². The van der Waals surface area contributed by atoms with Crippen LogP contribution < -0.4 is 4.74 Å². The van der Waals surface area contributed by atoms with Gasteiger partial charge in [-0.1, -0.05) is 0 Å². The molecule has 0 N–H and O–H groups in total. The van der Waals surface area contributed by atoms with Crippen molar-refractivity contribution >= 4 is 5.97 Å². The number of carbonyl (C=O) groups excluding carboxylic acids is 1. The Balaban J connectivity index is 1.96. The number of carbonyl (C=O) groups is 1. The zero-order chi connectivity index (χ0) is 22.1. The molecule has 0 aliphatic carbocycles. The number of hydrogen-bond acceptors (Lipinski definition) is 4. The number of aromatic nitrogens is 2. The number of alkyl halides is 3. The Morgan fingerprint density at radius 2 is 1.93 bits per heavy atom. The number of aryl methyl sites for hydroxylation is 1. The summed E-state index contributed by atoms with van der Waals surface area (Å²) < 4.78 is 65.0. The van der Waals surface area contributed by atoms with E-state index in [1.807, 2.05) is 0 Å². The van der Waals surface area contributed by atoms with Crippen LogP contribution >= 0.6 is 0 Å². The first-order chi connectivity index (χ1) is 14.1. The van der Waals surface area contributed by atoms with Crippen molar-refractivity contribution in [3.05, 3.63) is 71.3 Å². The predicted octanol–water partition coefficient (Wildman–Crippen LogP) is 5.17. The van der Waals surface area contributed by atoms with E-state index in [-0.39, 0.29) is 11.3 Å². The fourth-order valence-corrected chi connectivity index (χ4v) is 2.98. The third kappa shape index (κ3) is 4.45. The first-order valence-electron chi connectivity index (χ1n) is 8.84. The van der Waals surface area contributed by atoms with Crippen molar-refractivity contribution < 1.29 is 31.8 Å². The Bertz CT molecular complexity index is 1080. The van der Waals surface area contributed by atoms with Crippen LogP contribution in [-0.4, -0.2) is 22.6 Å². The van der Waals surface area contributed by atoms with Gasteiger partial charge in [0.25, 0.3) is 0 Å². The Kier molecular flexibility index (Phi) is 5.82. The molecule has 0 saturated heterocycles. The molecule has 158 valence electrons. The number of benzene rings is 1. The molecule has 5 nitrogen and oxygen atoms in total. The number of pyridine rings is 1. The molecule has 3 rings (SSSR count). The van der Waals surface area contributed by atoms with Crippen molar-refractivity contribution in [2.45, 2.75) is 19.2 Å². The largest absolute Gasteiger partial charge is 0.484 e. The number of halogens is 4. The lowest BCUT2D eigenvalue weighted by Gasteiger charge is -2.19. The van der Waals surface area contributed by atoms with Crippen LogP contribution in [0.2, 0.25) is 0 Å². The monoisotopic (exact) mass is 422 g/mol. The van der Waals surface area contributed by atoms with Gasteiger partial charge in [-0.3, -0.25) is 4.98 Å². The number of hydrogen-bond donors (Lipinski definition) is 0. The van der Waals surface area contributed by atoms with Crippen molar-refractivity contribution in [3.8, 4) is 17.1 Å². The van der Waals surface area contributed by atoms with Gasteiger partial charge in [-0.2, -0.15) is 13.2 Å². The molecular formula is C21H18F4N2O3. The van der Waals surface area contributed by atoms with Crippen LogP contribution in [0.3, 0.4) is 0 Å². The maximum atomic E-state index is 13.8. The first-order valence-corrected chi connectivity index (χ1v) is 8.84. The normalized spacial score (nSPS) is 12.5. The molecule has 9 heteroatoms. The van der Waals surface area contributed by atoms with Gasteiger partial charge in [-0.25, -0.2) is 9.18 Å². The van der Waals surface area contributed by atoms with Gasteiger partial charge in [0.05, 0.1) is 23.9 Å². The highest BCUT2D eigenvalue weighted by atomic mass is 19.4. The molecule has 3 aromatic rings. The zero-order valence-corrected chi connectivity index (χ0v) is 16.3. The fraction of sp³-hybridized carbons (Fsp3) is 0.238. The Morgan fingerprint density at radius 3 is 2.60 bits per heavy atom. The Labute approximate surface area is 169 Å². The van der Waals surface area contributed by atoms with E-state index in [0.29, 0.717) is 23.0 Å². The summed E-state index contributed by atoms with van der Waals surface area (Å²) in [6, 6.07) is 7.03. The summed E-state index contributed by atoms with van der Waals surface area (Å²) >= 11 is 0. The predicted molar refractivity (Wildman–Crippen MR) is 100 cm³/mol. The maximum Gasteiger partial charge on any atom is 0.416 e. The molecule has 0 amide bonds. The molecule has 2 aromatic heterocycles. The van der Waals surface area contributed by atoms with Crippen LogP contribution in [0.15, 0.2) is 48.8 Å². The molecular weight excluding hydrogens is 404 g/mol. The number of esters is 1. The number of methoxy groups -OCH3 is 1. The molecule has 30 heavy (non-hydrogen) atoms. The second kappa shape index (κ2) is 8.17. The minimum atomic E-state index is -4.68. The molecule has 0 aliphatic rings. The van der Waals surface area contributed by atoms with Gasteiger partial charge in [0, 0.05) is 19.4 Å². The first kappa shape index (κ1) is 21.4. The van der Waals surface area contributed by atoms with Gasteiger partial charge in [0.2, 0.25) is 0 Å². The highest BCUT2D eigenvalue weighted by Gasteiger charge is 2.32. The van der Waals surface area contributed by atoms with Crippen LogP contribution in [0, 0.1) is 5.82 Å². The molecule has 2 heterocycles. The molecule has 1 aromatic carbocycles. The molecule has 0 aliphatic heterocycles. The number of rotatable bonds is 5. The summed E-state index contributed by atoms with van der Waals surface area (Å²) in [5.41, 5.74) is 0.145. The van der Waals surface area contributed by atoms with E-state index in [4.69, 9.17) is 9.47 Å². The quantitative estimate of drug-likeness (QED) is 0.420. The van der Waals surface area contributed by atoms with Gasteiger partial charge in [0.15, 0.2) is 0 Å². The fourth-order valence-electron chi connectivity index (χ4n) is 2.98. The molecule has 0 radical (unpaired) electrons. The summed E-state index contributed by atoms with van der Waals surface area (Å²) in [4.78, 5) is 16.1. The van der Waals surface area contributed by atoms with E-state index in [0.717, 1.165) is 12.1 Å². The lowest BCUT2D eigenvalue weighted by Crippen LogP contribution is -2.10. The van der Waals surface area contributed by atoms with Gasteiger partial charge in [-0.05, 0) is 48.9 Å². The van der Waals surface area contributed by atoms with Crippen molar-refractivity contribution in [2.75, 3.05) is 7.11 Å². The zero-order valence-electron chi connectivity index (χ0n) is 16.3. The van der Waals surface area contributed by atoms with Gasteiger partial charge < -0.3 is 14.0 Å². The molecule has 0 fully saturated rings. The van der Waals surface area contributed by atoms with Crippen LogP contribution in [0.4, 0.5) is 17.6 Å². The van der Waals surface area contributed by atoms with E-state index < -0.39 is 29.6 Å². The van der Waals surface area contributed by atoms with Crippen molar-refractivity contribution in [1.29, 1.82) is 0 Å². The molecule has 0 saturated carbocycles. The minimum absolute atomic E-state index is 0.0271. The van der Waals surface area contributed by atoms with Gasteiger partial charge in [-0.15, -0.1) is 0 Å². The summed E-state index contributed by atoms with van der Waals surface area (Å²) in [5, 5.41) is 0. The summed E-state index contributed by atoms with van der Waals surface area (Å²) in [7, 11) is 2.96. The van der Waals surface area contributed by atoms with E-state index in [1.165, 1.54) is 20.2 Å². The van der Waals surface area contributed by atoms with Crippen LogP contribution in [0.1, 0.15) is 34.5 Å². The van der Waals surface area contributed by atoms with Gasteiger partial charge >= 0.3 is 12.1 Å². The summed E-state index contributed by atoms with van der Waals surface area (Å²) in [5.74, 6) is -1.27. The van der Waals surface area contributed by atoms with Crippen LogP contribution in [-0.2, 0) is 18.0 Å². The van der Waals surface area contributed by atoms with E-state index in [2.05, 4.69) is 4.98 Å². The van der Waals surface area contributed by atoms with Crippen molar-refractivity contribution in [2.24, 2.45) is 7.05 Å². The minimum Gasteiger partial charge on any atom is -0.484 e. The lowest BCUT2D eigenvalue weighted by molar-refractivity contribution is -0.137. The highest BCUT2D eigenvalue weighted by molar-refractivity contribution is 5.91. The van der Waals surface area contributed by atoms with Crippen LogP contribution in [0.25, 0.3) is 11.4 Å². The van der Waals surface area contributed by atoms with Crippen LogP contribution in [0.5, 0.6) is 5.75 Å². The second-order valence-electron chi connectivity index (χ2n) is 6.60. The SMILES string of the molecule is COC(=O)c1cc(-c2ncccc2OC(C)c2cc(F)cc(C(F)(F)F)c2)n(C)c1. The summed E-state index contributed by atoms with van der Waals surface area (Å²) in [6.45, 7) is 1.51. The lowest BCUT2D eigenvalue weighted by atomic mass is 10.1. The van der Waals surface area contributed by atoms with E-state index >= 15 is 0 Å². The topological polar surface area (TPSA) is 53.4 Å². The maximum absolute atomic E-state index is 13.8. The Hall–Kier alpha value is -3.36. The smallest absolute Gasteiger partial charge is 0.416 e. The Morgan fingerprint density at radius 1 is 1.20 bits per heavy atom. The third-order valence-corrected chi connectivity index (χ3v) is 4.46. The highest BCUT2D eigenvalue weighted by Crippen LogP contribution is 2.35. The molecule has 0 bridgehead atoms. The molecule has 1 atom stereocenters. The summed E-state index contributed by atoms with van der Waals surface area (Å²) in [6.07, 6.45) is -2.50. The van der Waals surface area contributed by atoms with Crippen molar-refractivity contribution in [3.63, 3.8) is 0 Å². The average molecular weight is 422 g/mol. The van der Waals surface area contributed by atoms with Crippen molar-refractivity contribution in [1.82, 2.24) is 9.55 Å². The standard InChI is InChI=1S/C21H18F4N2O3/c1-12(13-7-15(21(23,24)25)10-16(22)8-13)30-18-5-4-6-26-19(18)17-9-14(11-27(17)2)20(28)29-3/h4-12H,1-3H3. The molecule has 0 spiro atoms.